The van der Waals surface area contributed by atoms with E-state index in [4.69, 9.17) is 9.97 Å². The number of hydrogen-bond acceptors (Lipinski definition) is 2. The van der Waals surface area contributed by atoms with Crippen molar-refractivity contribution in [2.24, 2.45) is 0 Å². The van der Waals surface area contributed by atoms with Crippen LogP contribution in [-0.2, 0) is 0 Å². The third-order valence-corrected chi connectivity index (χ3v) is 10.3. The van der Waals surface area contributed by atoms with E-state index < -0.39 is 0 Å². The Bertz CT molecular complexity index is 3110. The summed E-state index contributed by atoms with van der Waals surface area (Å²) in [6.45, 7) is 0. The van der Waals surface area contributed by atoms with Gasteiger partial charge in [-0.05, 0) is 58.3 Å². The molecule has 3 aromatic heterocycles. The van der Waals surface area contributed by atoms with E-state index in [1.165, 1.54) is 54.5 Å². The molecule has 3 heterocycles. The van der Waals surface area contributed by atoms with E-state index in [0.717, 1.165) is 44.3 Å². The molecule has 0 aliphatic rings. The lowest BCUT2D eigenvalue weighted by Crippen LogP contribution is -2.00. The minimum Gasteiger partial charge on any atom is -0.309 e. The van der Waals surface area contributed by atoms with Gasteiger partial charge in [-0.2, -0.15) is 0 Å². The van der Waals surface area contributed by atoms with Crippen LogP contribution in [0.3, 0.4) is 0 Å². The van der Waals surface area contributed by atoms with Crippen molar-refractivity contribution in [1.82, 2.24) is 19.1 Å². The normalized spacial score (nSPS) is 12.0. The molecule has 50 heavy (non-hydrogen) atoms. The van der Waals surface area contributed by atoms with Crippen LogP contribution in [0.15, 0.2) is 170 Å². The summed E-state index contributed by atoms with van der Waals surface area (Å²) in [5.74, 6) is 0.808. The van der Waals surface area contributed by atoms with Crippen LogP contribution in [0.1, 0.15) is 0 Å². The van der Waals surface area contributed by atoms with Crippen molar-refractivity contribution in [3.8, 4) is 22.6 Å². The van der Waals surface area contributed by atoms with Crippen LogP contribution in [0, 0.1) is 0 Å². The molecule has 11 aromatic rings. The van der Waals surface area contributed by atoms with Gasteiger partial charge in [-0.3, -0.25) is 9.55 Å². The molecular weight excluding hydrogens is 609 g/mol. The van der Waals surface area contributed by atoms with E-state index in [-0.39, 0.29) is 0 Å². The highest BCUT2D eigenvalue weighted by atomic mass is 15.1. The number of rotatable bonds is 3. The van der Waals surface area contributed by atoms with E-state index in [2.05, 4.69) is 173 Å². The number of hydrogen-bond donors (Lipinski definition) is 0. The number of para-hydroxylation sites is 2. The van der Waals surface area contributed by atoms with Gasteiger partial charge in [0.05, 0.1) is 39.3 Å². The van der Waals surface area contributed by atoms with E-state index in [9.17, 15) is 0 Å². The minimum atomic E-state index is 0.808. The van der Waals surface area contributed by atoms with Gasteiger partial charge in [0.1, 0.15) is 0 Å². The lowest BCUT2D eigenvalue weighted by atomic mass is 10.00. The first-order valence-electron chi connectivity index (χ1n) is 17.0. The summed E-state index contributed by atoms with van der Waals surface area (Å²) in [6, 6.07) is 58.5. The van der Waals surface area contributed by atoms with Gasteiger partial charge in [-0.25, -0.2) is 4.98 Å². The second kappa shape index (κ2) is 10.4. The van der Waals surface area contributed by atoms with Crippen LogP contribution in [0.2, 0.25) is 0 Å². The van der Waals surface area contributed by atoms with Crippen LogP contribution in [-0.4, -0.2) is 19.1 Å². The average molecular weight is 637 g/mol. The SMILES string of the molecule is c1ccc(-c2cccc(-n3c4ccccc4c4c5c6ccccc6n(-c6cnc7c8ccccc8c8ccccc8c7n6)c5ccc43)c2)cc1. The molecule has 11 rings (SSSR count). The highest BCUT2D eigenvalue weighted by molar-refractivity contribution is 6.29. The molecule has 0 unspecified atom stereocenters. The zero-order chi connectivity index (χ0) is 32.8. The zero-order valence-electron chi connectivity index (χ0n) is 27.0. The number of benzene rings is 8. The van der Waals surface area contributed by atoms with Crippen LogP contribution in [0.25, 0.3) is 98.8 Å². The third kappa shape index (κ3) is 3.76. The molecule has 4 heteroatoms. The van der Waals surface area contributed by atoms with Crippen molar-refractivity contribution >= 4 is 76.2 Å². The quantitative estimate of drug-likeness (QED) is 0.181. The largest absolute Gasteiger partial charge is 0.309 e. The Morgan fingerprint density at radius 1 is 0.360 bits per heavy atom. The molecule has 0 spiro atoms. The van der Waals surface area contributed by atoms with E-state index in [1.54, 1.807) is 0 Å². The second-order valence-corrected chi connectivity index (χ2v) is 13.0. The Morgan fingerprint density at radius 3 is 1.56 bits per heavy atom. The maximum absolute atomic E-state index is 5.43. The van der Waals surface area contributed by atoms with Gasteiger partial charge in [-0.15, -0.1) is 0 Å². The summed E-state index contributed by atoms with van der Waals surface area (Å²) >= 11 is 0. The molecule has 0 fully saturated rings. The van der Waals surface area contributed by atoms with E-state index >= 15 is 0 Å². The second-order valence-electron chi connectivity index (χ2n) is 13.0. The highest BCUT2D eigenvalue weighted by Gasteiger charge is 2.21. The molecule has 0 radical (unpaired) electrons. The molecule has 0 aliphatic heterocycles. The maximum atomic E-state index is 5.43. The summed E-state index contributed by atoms with van der Waals surface area (Å²) in [4.78, 5) is 10.6. The van der Waals surface area contributed by atoms with E-state index in [0.29, 0.717) is 0 Å². The molecule has 0 bridgehead atoms. The third-order valence-electron chi connectivity index (χ3n) is 10.3. The van der Waals surface area contributed by atoms with Crippen molar-refractivity contribution in [1.29, 1.82) is 0 Å². The Morgan fingerprint density at radius 2 is 0.880 bits per heavy atom. The van der Waals surface area contributed by atoms with Gasteiger partial charge in [0, 0.05) is 38.0 Å². The van der Waals surface area contributed by atoms with Gasteiger partial charge in [0.15, 0.2) is 5.82 Å². The predicted octanol–water partition coefficient (Wildman–Crippen LogP) is 11.8. The first kappa shape index (κ1) is 27.2. The Balaban J connectivity index is 1.23. The molecule has 8 aromatic carbocycles. The first-order valence-corrected chi connectivity index (χ1v) is 17.0. The van der Waals surface area contributed by atoms with Crippen LogP contribution < -0.4 is 0 Å². The molecule has 232 valence electrons. The predicted molar refractivity (Wildman–Crippen MR) is 209 cm³/mol. The topological polar surface area (TPSA) is 35.6 Å². The summed E-state index contributed by atoms with van der Waals surface area (Å²) in [5, 5.41) is 9.49. The van der Waals surface area contributed by atoms with Crippen molar-refractivity contribution in [2.45, 2.75) is 0 Å². The fourth-order valence-electron chi connectivity index (χ4n) is 8.22. The van der Waals surface area contributed by atoms with Crippen molar-refractivity contribution in [3.05, 3.63) is 170 Å². The lowest BCUT2D eigenvalue weighted by molar-refractivity contribution is 1.08. The van der Waals surface area contributed by atoms with Crippen LogP contribution in [0.4, 0.5) is 0 Å². The van der Waals surface area contributed by atoms with Gasteiger partial charge in [0.25, 0.3) is 0 Å². The summed E-state index contributed by atoms with van der Waals surface area (Å²) in [6.07, 6.45) is 1.94. The number of aromatic nitrogens is 4. The van der Waals surface area contributed by atoms with Crippen molar-refractivity contribution in [2.75, 3.05) is 0 Å². The maximum Gasteiger partial charge on any atom is 0.156 e. The fraction of sp³-hybridized carbons (Fsp3) is 0. The zero-order valence-corrected chi connectivity index (χ0v) is 27.0. The summed E-state index contributed by atoms with van der Waals surface area (Å²) in [7, 11) is 0. The van der Waals surface area contributed by atoms with Crippen molar-refractivity contribution in [3.63, 3.8) is 0 Å². The fourth-order valence-corrected chi connectivity index (χ4v) is 8.22. The van der Waals surface area contributed by atoms with Gasteiger partial charge < -0.3 is 4.57 Å². The number of fused-ring (bicyclic) bond motifs is 13. The molecule has 4 nitrogen and oxygen atoms in total. The average Bonchev–Trinajstić information content (AvgIpc) is 3.71. The van der Waals surface area contributed by atoms with Gasteiger partial charge in [0.2, 0.25) is 0 Å². The Kier molecular flexibility index (Phi) is 5.63. The monoisotopic (exact) mass is 636 g/mol. The molecule has 0 amide bonds. The van der Waals surface area contributed by atoms with Crippen molar-refractivity contribution < 1.29 is 0 Å². The molecule has 0 saturated carbocycles. The van der Waals surface area contributed by atoms with Crippen LogP contribution in [0.5, 0.6) is 0 Å². The number of nitrogens with zero attached hydrogens (tertiary/aromatic N) is 4. The molecule has 0 saturated heterocycles. The Hall–Kier alpha value is -6.78. The Labute approximate surface area is 287 Å². The molecule has 0 aliphatic carbocycles. The molecular formula is C46H28N4. The van der Waals surface area contributed by atoms with Gasteiger partial charge in [-0.1, -0.05) is 127 Å². The first-order chi connectivity index (χ1) is 24.8. The standard InChI is InChI=1S/C46H28N4/c1-2-13-29(14-3-1)30-15-12-16-31(27-30)49-38-23-10-8-21-36(38)43-40(49)25-26-41-44(43)37-22-9-11-24-39(37)50(41)42-28-47-45-34-19-6-4-17-32(34)33-18-5-7-20-35(33)46(45)48-42/h1-28H. The minimum absolute atomic E-state index is 0.808. The summed E-state index contributed by atoms with van der Waals surface area (Å²) in [5.41, 5.74) is 9.95. The van der Waals surface area contributed by atoms with Gasteiger partial charge >= 0.3 is 0 Å². The molecule has 0 atom stereocenters. The highest BCUT2D eigenvalue weighted by Crippen LogP contribution is 2.43. The molecule has 0 N–H and O–H groups in total. The summed E-state index contributed by atoms with van der Waals surface area (Å²) < 4.78 is 4.71. The van der Waals surface area contributed by atoms with E-state index in [1.807, 2.05) is 6.20 Å². The smallest absolute Gasteiger partial charge is 0.156 e. The van der Waals surface area contributed by atoms with Crippen LogP contribution >= 0.6 is 0 Å². The lowest BCUT2D eigenvalue weighted by Gasteiger charge is -2.12.